The zero-order chi connectivity index (χ0) is 22.1. The summed E-state index contributed by atoms with van der Waals surface area (Å²) in [6.45, 7) is 8.53. The predicted molar refractivity (Wildman–Crippen MR) is 124 cm³/mol. The van der Waals surface area contributed by atoms with Gasteiger partial charge >= 0.3 is 0 Å². The van der Waals surface area contributed by atoms with E-state index in [1.165, 1.54) is 11.1 Å². The first-order chi connectivity index (χ1) is 15.7. The molecule has 4 heterocycles. The summed E-state index contributed by atoms with van der Waals surface area (Å²) in [6.07, 6.45) is 0.935. The molecule has 4 fully saturated rings. The monoisotopic (exact) mass is 434 g/mol. The molecule has 1 amide bonds. The van der Waals surface area contributed by atoms with Crippen LogP contribution in [0.4, 0.5) is 0 Å². The molecule has 2 unspecified atom stereocenters. The zero-order valence-electron chi connectivity index (χ0n) is 19.2. The summed E-state index contributed by atoms with van der Waals surface area (Å²) in [5.41, 5.74) is 2.53. The Morgan fingerprint density at radius 2 is 1.56 bits per heavy atom. The van der Waals surface area contributed by atoms with Crippen molar-refractivity contribution in [3.05, 3.63) is 71.8 Å². The van der Waals surface area contributed by atoms with E-state index in [0.29, 0.717) is 13.2 Å². The Bertz CT molecular complexity index is 870. The highest BCUT2D eigenvalue weighted by molar-refractivity contribution is 5.80. The number of amides is 1. The van der Waals surface area contributed by atoms with E-state index < -0.39 is 5.79 Å². The van der Waals surface area contributed by atoms with Gasteiger partial charge in [0.25, 0.3) is 0 Å². The smallest absolute Gasteiger partial charge is 0.227 e. The fourth-order valence-electron chi connectivity index (χ4n) is 6.36. The van der Waals surface area contributed by atoms with E-state index in [1.807, 2.05) is 4.90 Å². The van der Waals surface area contributed by atoms with Crippen molar-refractivity contribution in [3.63, 3.8) is 0 Å². The van der Waals surface area contributed by atoms with Crippen LogP contribution in [0.25, 0.3) is 0 Å². The Hall–Kier alpha value is -2.21. The van der Waals surface area contributed by atoms with Crippen LogP contribution in [0.15, 0.2) is 60.7 Å². The second-order valence-electron chi connectivity index (χ2n) is 9.17. The summed E-state index contributed by atoms with van der Waals surface area (Å²) in [5.74, 6) is -0.394. The average Bonchev–Trinajstić information content (AvgIpc) is 3.32. The van der Waals surface area contributed by atoms with Crippen molar-refractivity contribution >= 4 is 5.91 Å². The molecule has 0 saturated carbocycles. The standard InChI is InChI=1S/C27H34N2O3/c1-3-28(4-2)26(30)22-19-29-16-15-23(22)27(31-17-18-32-27)25(29)24(20-11-7-5-8-12-20)21-13-9-6-10-14-21/h5-14,22-25H,3-4,15-19H2,1-2H3/t22-,23+,25?/m0/s1. The van der Waals surface area contributed by atoms with Gasteiger partial charge in [-0.25, -0.2) is 0 Å². The number of benzene rings is 2. The molecule has 0 radical (unpaired) electrons. The fraction of sp³-hybridized carbons (Fsp3) is 0.519. The van der Waals surface area contributed by atoms with E-state index >= 15 is 0 Å². The number of carbonyl (C=O) groups is 1. The lowest BCUT2D eigenvalue weighted by molar-refractivity contribution is -0.290. The molecular formula is C27H34N2O3. The van der Waals surface area contributed by atoms with Crippen molar-refractivity contribution in [2.75, 3.05) is 39.4 Å². The van der Waals surface area contributed by atoms with Crippen LogP contribution >= 0.6 is 0 Å². The maximum Gasteiger partial charge on any atom is 0.227 e. The number of hydrogen-bond acceptors (Lipinski definition) is 4. The number of ether oxygens (including phenoxy) is 2. The SMILES string of the molecule is CCN(CC)C(=O)[C@H]1CN2CC[C@H]1C1(OCCO1)C2C(c1ccccc1)c1ccccc1. The average molecular weight is 435 g/mol. The molecular weight excluding hydrogens is 400 g/mol. The molecule has 2 aromatic carbocycles. The van der Waals surface area contributed by atoms with Crippen LogP contribution in [0.1, 0.15) is 37.3 Å². The summed E-state index contributed by atoms with van der Waals surface area (Å²) in [7, 11) is 0. The van der Waals surface area contributed by atoms with Crippen molar-refractivity contribution < 1.29 is 14.3 Å². The van der Waals surface area contributed by atoms with Gasteiger partial charge in [0, 0.05) is 31.5 Å². The Morgan fingerprint density at radius 3 is 2.09 bits per heavy atom. The third kappa shape index (κ3) is 3.47. The first kappa shape index (κ1) is 21.6. The molecule has 32 heavy (non-hydrogen) atoms. The molecule has 4 aliphatic heterocycles. The Balaban J connectivity index is 1.59. The number of rotatable bonds is 6. The minimum atomic E-state index is -0.750. The van der Waals surface area contributed by atoms with E-state index in [4.69, 9.17) is 9.47 Å². The maximum absolute atomic E-state index is 13.5. The van der Waals surface area contributed by atoms with Gasteiger partial charge in [-0.3, -0.25) is 9.69 Å². The first-order valence-corrected chi connectivity index (χ1v) is 12.1. The van der Waals surface area contributed by atoms with Gasteiger partial charge in [0.15, 0.2) is 5.79 Å². The molecule has 170 valence electrons. The van der Waals surface area contributed by atoms with E-state index in [2.05, 4.69) is 79.4 Å². The molecule has 5 nitrogen and oxygen atoms in total. The second kappa shape index (κ2) is 8.97. The van der Waals surface area contributed by atoms with Gasteiger partial charge in [0.2, 0.25) is 5.91 Å². The number of carbonyl (C=O) groups excluding carboxylic acids is 1. The van der Waals surface area contributed by atoms with Crippen LogP contribution in [0.2, 0.25) is 0 Å². The molecule has 0 N–H and O–H groups in total. The minimum absolute atomic E-state index is 0.0364. The summed E-state index contributed by atoms with van der Waals surface area (Å²) >= 11 is 0. The summed E-state index contributed by atoms with van der Waals surface area (Å²) in [5, 5.41) is 0. The molecule has 0 aromatic heterocycles. The summed E-state index contributed by atoms with van der Waals surface area (Å²) in [4.78, 5) is 18.0. The van der Waals surface area contributed by atoms with Crippen LogP contribution in [-0.2, 0) is 14.3 Å². The van der Waals surface area contributed by atoms with Gasteiger partial charge < -0.3 is 14.4 Å². The normalized spacial score (nSPS) is 28.3. The number of hydrogen-bond donors (Lipinski definition) is 0. The van der Waals surface area contributed by atoms with Gasteiger partial charge in [-0.05, 0) is 37.9 Å². The van der Waals surface area contributed by atoms with Gasteiger partial charge in [-0.1, -0.05) is 60.7 Å². The van der Waals surface area contributed by atoms with E-state index in [9.17, 15) is 4.79 Å². The topological polar surface area (TPSA) is 42.0 Å². The minimum Gasteiger partial charge on any atom is -0.346 e. The number of nitrogens with zero attached hydrogens (tertiary/aromatic N) is 2. The quantitative estimate of drug-likeness (QED) is 0.695. The number of piperidine rings is 3. The van der Waals surface area contributed by atoms with Gasteiger partial charge in [-0.15, -0.1) is 0 Å². The Morgan fingerprint density at radius 1 is 1.00 bits per heavy atom. The van der Waals surface area contributed by atoms with Crippen molar-refractivity contribution in [2.24, 2.45) is 11.8 Å². The molecule has 6 rings (SSSR count). The largest absolute Gasteiger partial charge is 0.346 e. The lowest BCUT2D eigenvalue weighted by Gasteiger charge is -2.60. The van der Waals surface area contributed by atoms with Crippen molar-refractivity contribution in [2.45, 2.75) is 38.0 Å². The lowest BCUT2D eigenvalue weighted by Crippen LogP contribution is -2.72. The third-order valence-corrected chi connectivity index (χ3v) is 7.73. The van der Waals surface area contributed by atoms with Gasteiger partial charge in [0.05, 0.1) is 25.2 Å². The van der Waals surface area contributed by atoms with Crippen molar-refractivity contribution in [1.29, 1.82) is 0 Å². The van der Waals surface area contributed by atoms with Crippen molar-refractivity contribution in [1.82, 2.24) is 9.80 Å². The lowest BCUT2D eigenvalue weighted by atomic mass is 9.65. The van der Waals surface area contributed by atoms with Crippen molar-refractivity contribution in [3.8, 4) is 0 Å². The van der Waals surface area contributed by atoms with Gasteiger partial charge in [0.1, 0.15) is 0 Å². The summed E-state index contributed by atoms with van der Waals surface area (Å²) < 4.78 is 13.1. The van der Waals surface area contributed by atoms with Crippen LogP contribution in [0.5, 0.6) is 0 Å². The Kier molecular flexibility index (Phi) is 6.06. The third-order valence-electron chi connectivity index (χ3n) is 7.73. The fourth-order valence-corrected chi connectivity index (χ4v) is 6.36. The molecule has 0 aliphatic carbocycles. The molecule has 4 aliphatic rings. The number of fused-ring (bicyclic) bond motifs is 2. The van der Waals surface area contributed by atoms with E-state index in [-0.39, 0.29) is 29.7 Å². The molecule has 4 atom stereocenters. The van der Waals surface area contributed by atoms with Crippen LogP contribution in [0, 0.1) is 11.8 Å². The molecule has 2 aromatic rings. The Labute approximate surface area is 191 Å². The van der Waals surface area contributed by atoms with Crippen LogP contribution in [0.3, 0.4) is 0 Å². The molecule has 1 spiro atoms. The van der Waals surface area contributed by atoms with Gasteiger partial charge in [-0.2, -0.15) is 0 Å². The highest BCUT2D eigenvalue weighted by Gasteiger charge is 2.64. The first-order valence-electron chi connectivity index (χ1n) is 12.1. The predicted octanol–water partition coefficient (Wildman–Crippen LogP) is 3.75. The highest BCUT2D eigenvalue weighted by atomic mass is 16.7. The molecule has 5 heteroatoms. The zero-order valence-corrected chi connectivity index (χ0v) is 19.2. The highest BCUT2D eigenvalue weighted by Crippen LogP contribution is 2.53. The van der Waals surface area contributed by atoms with E-state index in [0.717, 1.165) is 32.6 Å². The van der Waals surface area contributed by atoms with Crippen LogP contribution < -0.4 is 0 Å². The molecule has 2 bridgehead atoms. The van der Waals surface area contributed by atoms with Crippen LogP contribution in [-0.4, -0.2) is 66.9 Å². The molecule has 4 saturated heterocycles. The summed E-state index contributed by atoms with van der Waals surface area (Å²) in [6, 6.07) is 21.4. The van der Waals surface area contributed by atoms with E-state index in [1.54, 1.807) is 0 Å². The maximum atomic E-state index is 13.5. The second-order valence-corrected chi connectivity index (χ2v) is 9.17.